The molecule has 1 aliphatic rings. The first-order valence-corrected chi connectivity index (χ1v) is 11.0. The smallest absolute Gasteiger partial charge is 0.238 e. The number of imidazole rings is 1. The van der Waals surface area contributed by atoms with E-state index in [4.69, 9.17) is 9.72 Å². The van der Waals surface area contributed by atoms with Gasteiger partial charge in [0.15, 0.2) is 5.82 Å². The van der Waals surface area contributed by atoms with Crippen LogP contribution in [0.2, 0.25) is 0 Å². The van der Waals surface area contributed by atoms with Crippen LogP contribution in [0.25, 0.3) is 17.8 Å². The molecule has 0 N–H and O–H groups in total. The van der Waals surface area contributed by atoms with Crippen LogP contribution in [0.3, 0.4) is 0 Å². The summed E-state index contributed by atoms with van der Waals surface area (Å²) in [5.74, 6) is 1.86. The van der Waals surface area contributed by atoms with Gasteiger partial charge in [0.2, 0.25) is 5.88 Å². The van der Waals surface area contributed by atoms with Gasteiger partial charge >= 0.3 is 0 Å². The molecular formula is C25H25FN6O. The Labute approximate surface area is 191 Å². The van der Waals surface area contributed by atoms with Crippen molar-refractivity contribution < 1.29 is 9.13 Å². The Bertz CT molecular complexity index is 1340. The third kappa shape index (κ3) is 4.04. The number of benzene rings is 1. The largest absolute Gasteiger partial charge is 0.479 e. The maximum Gasteiger partial charge on any atom is 0.238 e. The zero-order valence-electron chi connectivity index (χ0n) is 18.9. The molecule has 4 aromatic rings. The van der Waals surface area contributed by atoms with Crippen LogP contribution in [0.4, 0.5) is 4.39 Å². The summed E-state index contributed by atoms with van der Waals surface area (Å²) in [7, 11) is 1.60. The third-order valence-corrected chi connectivity index (χ3v) is 6.02. The molecule has 4 heterocycles. The Morgan fingerprint density at radius 2 is 2.00 bits per heavy atom. The van der Waals surface area contributed by atoms with E-state index in [-0.39, 0.29) is 11.7 Å². The lowest BCUT2D eigenvalue weighted by atomic mass is 9.88. The number of hydrogen-bond acceptors (Lipinski definition) is 5. The number of aromatic nitrogens is 6. The van der Waals surface area contributed by atoms with Gasteiger partial charge in [0.1, 0.15) is 17.3 Å². The van der Waals surface area contributed by atoms with Gasteiger partial charge in [0, 0.05) is 18.7 Å². The van der Waals surface area contributed by atoms with E-state index in [0.29, 0.717) is 17.3 Å². The van der Waals surface area contributed by atoms with Crippen molar-refractivity contribution in [3.63, 3.8) is 0 Å². The van der Waals surface area contributed by atoms with Gasteiger partial charge in [-0.3, -0.25) is 0 Å². The summed E-state index contributed by atoms with van der Waals surface area (Å²) < 4.78 is 23.5. The fourth-order valence-electron chi connectivity index (χ4n) is 4.34. The van der Waals surface area contributed by atoms with Crippen molar-refractivity contribution in [1.82, 2.24) is 29.3 Å². The number of halogens is 1. The van der Waals surface area contributed by atoms with E-state index in [0.717, 1.165) is 47.8 Å². The normalized spacial score (nSPS) is 15.7. The Balaban J connectivity index is 1.42. The Morgan fingerprint density at radius 3 is 2.79 bits per heavy atom. The molecule has 33 heavy (non-hydrogen) atoms. The van der Waals surface area contributed by atoms with Crippen molar-refractivity contribution in [2.75, 3.05) is 7.11 Å². The number of ether oxygens (including phenoxy) is 1. The molecule has 0 saturated heterocycles. The molecule has 0 amide bonds. The van der Waals surface area contributed by atoms with E-state index in [1.54, 1.807) is 19.5 Å². The molecule has 1 atom stereocenters. The summed E-state index contributed by atoms with van der Waals surface area (Å²) in [5.41, 5.74) is 4.13. The van der Waals surface area contributed by atoms with Gasteiger partial charge in [-0.1, -0.05) is 12.1 Å². The second kappa shape index (κ2) is 8.61. The third-order valence-electron chi connectivity index (χ3n) is 6.02. The molecule has 168 valence electrons. The molecule has 0 fully saturated rings. The minimum atomic E-state index is -0.182. The van der Waals surface area contributed by atoms with Crippen LogP contribution < -0.4 is 4.74 Å². The average Bonchev–Trinajstić information content (AvgIpc) is 3.45. The molecule has 1 aliphatic heterocycles. The summed E-state index contributed by atoms with van der Waals surface area (Å²) in [6.45, 7) is 4.58. The second-order valence-corrected chi connectivity index (χ2v) is 8.22. The van der Waals surface area contributed by atoms with Gasteiger partial charge in [0.25, 0.3) is 0 Å². The van der Waals surface area contributed by atoms with E-state index in [2.05, 4.69) is 15.1 Å². The molecule has 3 aromatic heterocycles. The fourth-order valence-corrected chi connectivity index (χ4v) is 4.34. The van der Waals surface area contributed by atoms with Crippen molar-refractivity contribution in [2.24, 2.45) is 0 Å². The van der Waals surface area contributed by atoms with Crippen LogP contribution in [0.15, 0.2) is 42.9 Å². The van der Waals surface area contributed by atoms with E-state index in [9.17, 15) is 4.39 Å². The second-order valence-electron chi connectivity index (χ2n) is 8.22. The van der Waals surface area contributed by atoms with Crippen LogP contribution in [0.1, 0.15) is 52.9 Å². The maximum atomic E-state index is 14.1. The highest BCUT2D eigenvalue weighted by molar-refractivity contribution is 5.65. The molecule has 0 spiro atoms. The topological polar surface area (TPSA) is 70.7 Å². The molecule has 0 radical (unpaired) electrons. The Hall–Kier alpha value is -3.81. The summed E-state index contributed by atoms with van der Waals surface area (Å²) in [6.07, 6.45) is 9.29. The highest BCUT2D eigenvalue weighted by Crippen LogP contribution is 2.34. The van der Waals surface area contributed by atoms with E-state index in [1.807, 2.05) is 59.6 Å². The minimum Gasteiger partial charge on any atom is -0.479 e. The first-order valence-electron chi connectivity index (χ1n) is 11.0. The average molecular weight is 445 g/mol. The lowest BCUT2D eigenvalue weighted by Crippen LogP contribution is -2.18. The molecule has 7 nitrogen and oxygen atoms in total. The number of methoxy groups -OCH3 is 1. The molecule has 1 aromatic carbocycles. The van der Waals surface area contributed by atoms with Crippen LogP contribution in [0, 0.1) is 19.7 Å². The summed E-state index contributed by atoms with van der Waals surface area (Å²) in [5, 5.41) is 4.66. The number of rotatable bonds is 5. The number of aryl methyl sites for hydroxylation is 2. The van der Waals surface area contributed by atoms with Gasteiger partial charge in [-0.15, -0.1) is 0 Å². The van der Waals surface area contributed by atoms with Crippen molar-refractivity contribution in [3.8, 4) is 11.6 Å². The van der Waals surface area contributed by atoms with Crippen LogP contribution >= 0.6 is 0 Å². The van der Waals surface area contributed by atoms with Gasteiger partial charge in [0.05, 0.1) is 24.8 Å². The zero-order chi connectivity index (χ0) is 22.9. The lowest BCUT2D eigenvalue weighted by Gasteiger charge is -2.23. The highest BCUT2D eigenvalue weighted by atomic mass is 19.1. The molecule has 0 saturated carbocycles. The van der Waals surface area contributed by atoms with Crippen molar-refractivity contribution in [1.29, 1.82) is 0 Å². The van der Waals surface area contributed by atoms with E-state index >= 15 is 0 Å². The zero-order valence-corrected chi connectivity index (χ0v) is 18.9. The van der Waals surface area contributed by atoms with E-state index < -0.39 is 0 Å². The molecule has 0 unspecified atom stereocenters. The van der Waals surface area contributed by atoms with Crippen LogP contribution in [-0.4, -0.2) is 36.4 Å². The SMILES string of the molecule is COc1nc(C=Cc2nc3n(n2)CCC[C@@H]3c2cccc(F)c2C)ccc1-n1cnc(C)c1. The predicted octanol–water partition coefficient (Wildman–Crippen LogP) is 4.72. The Morgan fingerprint density at radius 1 is 1.12 bits per heavy atom. The fraction of sp³-hybridized carbons (Fsp3) is 0.280. The minimum absolute atomic E-state index is 0.0419. The monoisotopic (exact) mass is 444 g/mol. The van der Waals surface area contributed by atoms with Crippen molar-refractivity contribution >= 4 is 12.2 Å². The molecule has 8 heteroatoms. The molecule has 5 rings (SSSR count). The van der Waals surface area contributed by atoms with Gasteiger partial charge < -0.3 is 9.30 Å². The van der Waals surface area contributed by atoms with Crippen molar-refractivity contribution in [2.45, 2.75) is 39.2 Å². The predicted molar refractivity (Wildman–Crippen MR) is 124 cm³/mol. The summed E-state index contributed by atoms with van der Waals surface area (Å²) in [6, 6.07) is 9.12. The van der Waals surface area contributed by atoms with E-state index in [1.165, 1.54) is 6.07 Å². The van der Waals surface area contributed by atoms with Gasteiger partial charge in [-0.25, -0.2) is 24.0 Å². The van der Waals surface area contributed by atoms with Crippen LogP contribution in [-0.2, 0) is 6.54 Å². The van der Waals surface area contributed by atoms with Crippen LogP contribution in [0.5, 0.6) is 5.88 Å². The molecular weight excluding hydrogens is 419 g/mol. The quantitative estimate of drug-likeness (QED) is 0.446. The first-order chi connectivity index (χ1) is 16.0. The highest BCUT2D eigenvalue weighted by Gasteiger charge is 2.27. The number of hydrogen-bond donors (Lipinski definition) is 0. The standard InChI is InChI=1S/C25H25FN6O/c1-16-14-31(15-27-16)22-11-9-18(28-25(22)33-3)10-12-23-29-24-20(7-5-13-32(24)30-23)19-6-4-8-21(26)17(19)2/h4,6,8-12,14-15,20H,5,7,13H2,1-3H3/t20-/m1/s1. The maximum absolute atomic E-state index is 14.1. The number of nitrogens with zero attached hydrogens (tertiary/aromatic N) is 6. The summed E-state index contributed by atoms with van der Waals surface area (Å²) >= 11 is 0. The number of pyridine rings is 1. The first kappa shape index (κ1) is 21.1. The summed E-state index contributed by atoms with van der Waals surface area (Å²) in [4.78, 5) is 13.6. The van der Waals surface area contributed by atoms with Crippen molar-refractivity contribution in [3.05, 3.63) is 82.8 Å². The molecule has 0 bridgehead atoms. The molecule has 0 aliphatic carbocycles. The van der Waals surface area contributed by atoms with Gasteiger partial charge in [-0.2, -0.15) is 5.10 Å². The lowest BCUT2D eigenvalue weighted by molar-refractivity contribution is 0.395. The number of fused-ring (bicyclic) bond motifs is 1. The Kier molecular flexibility index (Phi) is 5.50. The van der Waals surface area contributed by atoms with Gasteiger partial charge in [-0.05, 0) is 68.2 Å².